The molecule has 0 aliphatic rings. The van der Waals surface area contributed by atoms with Crippen molar-refractivity contribution in [3.05, 3.63) is 99.8 Å². The fraction of sp³-hybridized carbons (Fsp3) is 0.192. The number of fused-ring (bicyclic) bond motifs is 1. The second-order valence-corrected chi connectivity index (χ2v) is 9.39. The predicted octanol–water partition coefficient (Wildman–Crippen LogP) is 5.89. The molecule has 0 saturated carbocycles. The summed E-state index contributed by atoms with van der Waals surface area (Å²) in [5.74, 6) is -0.629. The van der Waals surface area contributed by atoms with Crippen LogP contribution in [0.25, 0.3) is 10.9 Å². The van der Waals surface area contributed by atoms with Crippen LogP contribution < -0.4 is 10.9 Å². The predicted molar refractivity (Wildman–Crippen MR) is 132 cm³/mol. The van der Waals surface area contributed by atoms with Gasteiger partial charge in [-0.05, 0) is 43.7 Å². The maximum atomic E-state index is 13.3. The first-order valence-corrected chi connectivity index (χ1v) is 11.7. The lowest BCUT2D eigenvalue weighted by Crippen LogP contribution is -2.28. The molecule has 1 aromatic heterocycles. The molecule has 0 aliphatic heterocycles. The number of carbonyl (C=O) groups excluding carboxylic acids is 1. The Hall–Kier alpha value is -3.59. The third-order valence-corrected chi connectivity index (χ3v) is 6.52. The fourth-order valence-corrected chi connectivity index (χ4v) is 4.45. The summed E-state index contributed by atoms with van der Waals surface area (Å²) in [6.45, 7) is 3.77. The summed E-state index contributed by atoms with van der Waals surface area (Å²) in [5, 5.41) is 2.30. The fourth-order valence-electron chi connectivity index (χ4n) is 3.54. The van der Waals surface area contributed by atoms with Crippen LogP contribution in [-0.4, -0.2) is 20.7 Å². The molecule has 4 aromatic rings. The molecule has 1 atom stereocenters. The van der Waals surface area contributed by atoms with Gasteiger partial charge in [-0.25, -0.2) is 4.98 Å². The largest absolute Gasteiger partial charge is 0.418 e. The zero-order valence-electron chi connectivity index (χ0n) is 19.0. The summed E-state index contributed by atoms with van der Waals surface area (Å²) in [6, 6.07) is 19.4. The van der Waals surface area contributed by atoms with Crippen molar-refractivity contribution < 1.29 is 18.0 Å². The Balaban J connectivity index is 1.66. The van der Waals surface area contributed by atoms with Crippen LogP contribution in [0.4, 0.5) is 18.9 Å². The van der Waals surface area contributed by atoms with E-state index in [2.05, 4.69) is 10.3 Å². The number of para-hydroxylation sites is 2. The molecule has 0 spiro atoms. The van der Waals surface area contributed by atoms with E-state index in [1.807, 2.05) is 31.2 Å². The molecule has 1 unspecified atom stereocenters. The number of alkyl halides is 3. The molecular weight excluding hydrogens is 475 g/mol. The molecule has 0 fully saturated rings. The number of rotatable bonds is 6. The van der Waals surface area contributed by atoms with Crippen LogP contribution in [0.3, 0.4) is 0 Å². The minimum atomic E-state index is -4.60. The van der Waals surface area contributed by atoms with E-state index >= 15 is 0 Å². The van der Waals surface area contributed by atoms with Gasteiger partial charge in [-0.15, -0.1) is 0 Å². The topological polar surface area (TPSA) is 64.0 Å². The Bertz CT molecular complexity index is 1430. The van der Waals surface area contributed by atoms with Crippen molar-refractivity contribution >= 4 is 34.3 Å². The lowest BCUT2D eigenvalue weighted by molar-refractivity contribution is -0.137. The summed E-state index contributed by atoms with van der Waals surface area (Å²) in [7, 11) is 0. The van der Waals surface area contributed by atoms with Crippen LogP contribution in [0.5, 0.6) is 0 Å². The number of benzene rings is 3. The number of halogens is 3. The highest BCUT2D eigenvalue weighted by molar-refractivity contribution is 8.00. The zero-order chi connectivity index (χ0) is 25.2. The van der Waals surface area contributed by atoms with Gasteiger partial charge in [0, 0.05) is 0 Å². The molecule has 180 valence electrons. The molecule has 1 heterocycles. The number of aromatic nitrogens is 2. The number of aryl methyl sites for hydroxylation is 1. The minimum Gasteiger partial charge on any atom is -0.325 e. The maximum absolute atomic E-state index is 13.3. The molecule has 9 heteroatoms. The molecule has 0 aliphatic carbocycles. The van der Waals surface area contributed by atoms with E-state index in [1.54, 1.807) is 31.2 Å². The highest BCUT2D eigenvalue weighted by Gasteiger charge is 2.34. The standard InChI is InChI=1S/C26H22F3N3O2S/c1-16-11-13-18(14-12-16)15-32-24(34)19-7-3-5-9-21(19)31-25(32)35-17(2)23(33)30-22-10-6-4-8-20(22)26(27,28)29/h3-14,17H,15H2,1-2H3,(H,30,33). The Morgan fingerprint density at radius 2 is 1.69 bits per heavy atom. The summed E-state index contributed by atoms with van der Waals surface area (Å²) in [5.41, 5.74) is 0.945. The van der Waals surface area contributed by atoms with Crippen molar-refractivity contribution in [3.8, 4) is 0 Å². The third-order valence-electron chi connectivity index (χ3n) is 5.43. The Kier molecular flexibility index (Phi) is 6.98. The van der Waals surface area contributed by atoms with Crippen LogP contribution in [0.2, 0.25) is 0 Å². The molecule has 5 nitrogen and oxygen atoms in total. The van der Waals surface area contributed by atoms with E-state index in [0.717, 1.165) is 29.0 Å². The minimum absolute atomic E-state index is 0.241. The van der Waals surface area contributed by atoms with Gasteiger partial charge in [0.1, 0.15) is 0 Å². The molecule has 4 rings (SSSR count). The highest BCUT2D eigenvalue weighted by Crippen LogP contribution is 2.35. The number of nitrogens with zero attached hydrogens (tertiary/aromatic N) is 2. The second-order valence-electron chi connectivity index (χ2n) is 8.08. The van der Waals surface area contributed by atoms with Crippen LogP contribution >= 0.6 is 11.8 Å². The monoisotopic (exact) mass is 497 g/mol. The molecule has 1 N–H and O–H groups in total. The van der Waals surface area contributed by atoms with Gasteiger partial charge in [0.25, 0.3) is 5.56 Å². The average molecular weight is 498 g/mol. The van der Waals surface area contributed by atoms with E-state index in [-0.39, 0.29) is 17.8 Å². The number of nitrogens with one attached hydrogen (secondary N) is 1. The SMILES string of the molecule is Cc1ccc(Cn2c(SC(C)C(=O)Nc3ccccc3C(F)(F)F)nc3ccccc3c2=O)cc1. The molecule has 3 aromatic carbocycles. The van der Waals surface area contributed by atoms with Crippen molar-refractivity contribution in [1.82, 2.24) is 9.55 Å². The molecule has 0 saturated heterocycles. The Morgan fingerprint density at radius 1 is 1.03 bits per heavy atom. The molecule has 35 heavy (non-hydrogen) atoms. The quantitative estimate of drug-likeness (QED) is 0.267. The summed E-state index contributed by atoms with van der Waals surface area (Å²) >= 11 is 1.02. The first-order valence-electron chi connectivity index (χ1n) is 10.8. The number of anilines is 1. The van der Waals surface area contributed by atoms with Crippen LogP contribution in [0, 0.1) is 6.92 Å². The van der Waals surface area contributed by atoms with E-state index in [0.29, 0.717) is 16.1 Å². The van der Waals surface area contributed by atoms with Crippen molar-refractivity contribution in [3.63, 3.8) is 0 Å². The summed E-state index contributed by atoms with van der Waals surface area (Å²) in [6.07, 6.45) is -4.60. The van der Waals surface area contributed by atoms with Gasteiger partial charge in [0.2, 0.25) is 5.91 Å². The van der Waals surface area contributed by atoms with E-state index in [9.17, 15) is 22.8 Å². The maximum Gasteiger partial charge on any atom is 0.418 e. The lowest BCUT2D eigenvalue weighted by atomic mass is 10.1. The molecular formula is C26H22F3N3O2S. The van der Waals surface area contributed by atoms with E-state index in [1.165, 1.54) is 22.8 Å². The molecule has 0 bridgehead atoms. The lowest BCUT2D eigenvalue weighted by Gasteiger charge is -2.18. The number of amides is 1. The van der Waals surface area contributed by atoms with Gasteiger partial charge in [-0.2, -0.15) is 13.2 Å². The van der Waals surface area contributed by atoms with E-state index in [4.69, 9.17) is 0 Å². The van der Waals surface area contributed by atoms with Crippen LogP contribution in [-0.2, 0) is 17.5 Å². The van der Waals surface area contributed by atoms with Crippen molar-refractivity contribution in [2.75, 3.05) is 5.32 Å². The van der Waals surface area contributed by atoms with E-state index < -0.39 is 22.9 Å². The van der Waals surface area contributed by atoms with Gasteiger partial charge >= 0.3 is 6.18 Å². The normalized spacial score (nSPS) is 12.5. The van der Waals surface area contributed by atoms with Crippen LogP contribution in [0.15, 0.2) is 82.7 Å². The Morgan fingerprint density at radius 3 is 2.40 bits per heavy atom. The van der Waals surface area contributed by atoms with Crippen LogP contribution in [0.1, 0.15) is 23.6 Å². The first-order chi connectivity index (χ1) is 16.6. The zero-order valence-corrected chi connectivity index (χ0v) is 19.8. The van der Waals surface area contributed by atoms with Crippen molar-refractivity contribution in [2.24, 2.45) is 0 Å². The smallest absolute Gasteiger partial charge is 0.325 e. The molecule has 1 amide bonds. The van der Waals surface area contributed by atoms with Crippen molar-refractivity contribution in [2.45, 2.75) is 37.0 Å². The first kappa shape index (κ1) is 24.5. The highest BCUT2D eigenvalue weighted by atomic mass is 32.2. The average Bonchev–Trinajstić information content (AvgIpc) is 2.82. The number of carbonyl (C=O) groups is 1. The van der Waals surface area contributed by atoms with Crippen molar-refractivity contribution in [1.29, 1.82) is 0 Å². The third kappa shape index (κ3) is 5.57. The van der Waals surface area contributed by atoms with Gasteiger partial charge in [-0.3, -0.25) is 14.2 Å². The van der Waals surface area contributed by atoms with Gasteiger partial charge in [0.15, 0.2) is 5.16 Å². The van der Waals surface area contributed by atoms with Gasteiger partial charge < -0.3 is 5.32 Å². The summed E-state index contributed by atoms with van der Waals surface area (Å²) in [4.78, 5) is 30.7. The second kappa shape index (κ2) is 9.95. The Labute approximate surface area is 204 Å². The molecule has 0 radical (unpaired) electrons. The summed E-state index contributed by atoms with van der Waals surface area (Å²) < 4.78 is 41.5. The number of hydrogen-bond donors (Lipinski definition) is 1. The van der Waals surface area contributed by atoms with Gasteiger partial charge in [-0.1, -0.05) is 65.9 Å². The number of thioether (sulfide) groups is 1. The number of hydrogen-bond acceptors (Lipinski definition) is 4. The van der Waals surface area contributed by atoms with Gasteiger partial charge in [0.05, 0.1) is 33.9 Å².